The molecule has 0 spiro atoms. The Hall–Kier alpha value is -2.08. The molecule has 1 aromatic rings. The SMILES string of the molecule is CC(C)N1CCN(C(=O)[C@H]2CC[C@H](NC(=O)N3CCCc4ccccc43)CC2)CC1. The van der Waals surface area contributed by atoms with Crippen molar-refractivity contribution in [2.24, 2.45) is 5.92 Å². The molecule has 1 N–H and O–H groups in total. The monoisotopic (exact) mass is 412 g/mol. The van der Waals surface area contributed by atoms with Gasteiger partial charge in [0.15, 0.2) is 0 Å². The minimum atomic E-state index is 0.0155. The summed E-state index contributed by atoms with van der Waals surface area (Å²) in [5.41, 5.74) is 2.30. The van der Waals surface area contributed by atoms with Crippen LogP contribution in [0.3, 0.4) is 0 Å². The predicted octanol–water partition coefficient (Wildman–Crippen LogP) is 3.26. The van der Waals surface area contributed by atoms with Crippen molar-refractivity contribution >= 4 is 17.6 Å². The van der Waals surface area contributed by atoms with Crippen LogP contribution in [0.4, 0.5) is 10.5 Å². The summed E-state index contributed by atoms with van der Waals surface area (Å²) in [5, 5.41) is 3.24. The molecular weight excluding hydrogens is 376 g/mol. The fourth-order valence-corrected chi connectivity index (χ4v) is 5.20. The van der Waals surface area contributed by atoms with Gasteiger partial charge in [0, 0.05) is 56.4 Å². The third-order valence-electron chi connectivity index (χ3n) is 7.12. The Labute approximate surface area is 180 Å². The number of nitrogens with one attached hydrogen (secondary N) is 1. The molecule has 0 atom stereocenters. The Morgan fingerprint density at radius 2 is 1.67 bits per heavy atom. The van der Waals surface area contributed by atoms with Gasteiger partial charge < -0.3 is 10.2 Å². The molecule has 6 nitrogen and oxygen atoms in total. The van der Waals surface area contributed by atoms with E-state index in [-0.39, 0.29) is 18.0 Å². The highest BCUT2D eigenvalue weighted by Crippen LogP contribution is 2.29. The number of rotatable bonds is 3. The summed E-state index contributed by atoms with van der Waals surface area (Å²) in [6.45, 7) is 8.87. The fraction of sp³-hybridized carbons (Fsp3) is 0.667. The van der Waals surface area contributed by atoms with Crippen LogP contribution in [0.1, 0.15) is 51.5 Å². The molecule has 2 fully saturated rings. The number of nitrogens with zero attached hydrogens (tertiary/aromatic N) is 3. The molecule has 2 aliphatic heterocycles. The number of carbonyl (C=O) groups excluding carboxylic acids is 2. The lowest BCUT2D eigenvalue weighted by molar-refractivity contribution is -0.138. The quantitative estimate of drug-likeness (QED) is 0.829. The van der Waals surface area contributed by atoms with Gasteiger partial charge in [-0.15, -0.1) is 0 Å². The zero-order chi connectivity index (χ0) is 21.1. The first kappa shape index (κ1) is 21.2. The van der Waals surface area contributed by atoms with Crippen molar-refractivity contribution in [3.63, 3.8) is 0 Å². The van der Waals surface area contributed by atoms with Crippen molar-refractivity contribution in [2.75, 3.05) is 37.6 Å². The highest BCUT2D eigenvalue weighted by atomic mass is 16.2. The Balaban J connectivity index is 1.25. The number of fused-ring (bicyclic) bond motifs is 1. The van der Waals surface area contributed by atoms with E-state index in [1.807, 2.05) is 23.1 Å². The van der Waals surface area contributed by atoms with Crippen LogP contribution in [0.2, 0.25) is 0 Å². The van der Waals surface area contributed by atoms with Gasteiger partial charge >= 0.3 is 6.03 Å². The van der Waals surface area contributed by atoms with Crippen molar-refractivity contribution < 1.29 is 9.59 Å². The zero-order valence-electron chi connectivity index (χ0n) is 18.5. The van der Waals surface area contributed by atoms with Gasteiger partial charge in [-0.1, -0.05) is 18.2 Å². The lowest BCUT2D eigenvalue weighted by Gasteiger charge is -2.39. The zero-order valence-corrected chi connectivity index (χ0v) is 18.5. The van der Waals surface area contributed by atoms with Crippen LogP contribution in [0.15, 0.2) is 24.3 Å². The molecule has 1 aromatic carbocycles. The van der Waals surface area contributed by atoms with Crippen LogP contribution < -0.4 is 10.2 Å². The summed E-state index contributed by atoms with van der Waals surface area (Å²) in [7, 11) is 0. The second-order valence-corrected chi connectivity index (χ2v) is 9.34. The van der Waals surface area contributed by atoms with E-state index in [9.17, 15) is 9.59 Å². The van der Waals surface area contributed by atoms with Crippen LogP contribution in [-0.4, -0.2) is 66.5 Å². The third-order valence-corrected chi connectivity index (χ3v) is 7.12. The number of hydrogen-bond donors (Lipinski definition) is 1. The molecule has 3 amide bonds. The maximum Gasteiger partial charge on any atom is 0.322 e. The maximum atomic E-state index is 13.0. The number of aryl methyl sites for hydroxylation is 1. The Bertz CT molecular complexity index is 749. The summed E-state index contributed by atoms with van der Waals surface area (Å²) in [4.78, 5) is 32.3. The van der Waals surface area contributed by atoms with Gasteiger partial charge in [0.1, 0.15) is 0 Å². The summed E-state index contributed by atoms with van der Waals surface area (Å²) in [5.74, 6) is 0.451. The van der Waals surface area contributed by atoms with Crippen molar-refractivity contribution in [2.45, 2.75) is 64.5 Å². The number of urea groups is 1. The second kappa shape index (κ2) is 9.38. The van der Waals surface area contributed by atoms with E-state index in [1.54, 1.807) is 0 Å². The van der Waals surface area contributed by atoms with Gasteiger partial charge in [-0.2, -0.15) is 0 Å². The predicted molar refractivity (Wildman–Crippen MR) is 120 cm³/mol. The van der Waals surface area contributed by atoms with E-state index in [1.165, 1.54) is 5.56 Å². The number of hydrogen-bond acceptors (Lipinski definition) is 3. The van der Waals surface area contributed by atoms with E-state index in [2.05, 4.69) is 35.0 Å². The molecule has 0 bridgehead atoms. The number of amides is 3. The molecule has 4 rings (SSSR count). The molecule has 3 aliphatic rings. The Morgan fingerprint density at radius 1 is 0.967 bits per heavy atom. The first-order chi connectivity index (χ1) is 14.5. The van der Waals surface area contributed by atoms with Crippen molar-refractivity contribution in [3.8, 4) is 0 Å². The fourth-order valence-electron chi connectivity index (χ4n) is 5.20. The molecule has 1 saturated carbocycles. The molecule has 164 valence electrons. The van der Waals surface area contributed by atoms with Crippen molar-refractivity contribution in [1.82, 2.24) is 15.1 Å². The van der Waals surface area contributed by atoms with Crippen LogP contribution >= 0.6 is 0 Å². The molecule has 1 saturated heterocycles. The molecule has 1 aliphatic carbocycles. The number of anilines is 1. The molecule has 30 heavy (non-hydrogen) atoms. The lowest BCUT2D eigenvalue weighted by atomic mass is 9.85. The highest BCUT2D eigenvalue weighted by molar-refractivity contribution is 5.93. The van der Waals surface area contributed by atoms with Gasteiger partial charge in [0.25, 0.3) is 0 Å². The topological polar surface area (TPSA) is 55.9 Å². The Kier molecular flexibility index (Phi) is 6.61. The first-order valence-electron chi connectivity index (χ1n) is 11.7. The smallest absolute Gasteiger partial charge is 0.322 e. The molecule has 0 radical (unpaired) electrons. The minimum Gasteiger partial charge on any atom is -0.340 e. The molecule has 2 heterocycles. The second-order valence-electron chi connectivity index (χ2n) is 9.34. The standard InChI is InChI=1S/C24H36N4O2/c1-18(2)26-14-16-27(17-15-26)23(29)20-9-11-21(12-10-20)25-24(30)28-13-5-7-19-6-3-4-8-22(19)28/h3-4,6,8,18,20-21H,5,7,9-17H2,1-2H3,(H,25,30)/t20-,21-. The van der Waals surface area contributed by atoms with Crippen molar-refractivity contribution in [3.05, 3.63) is 29.8 Å². The van der Waals surface area contributed by atoms with Crippen molar-refractivity contribution in [1.29, 1.82) is 0 Å². The van der Waals surface area contributed by atoms with E-state index < -0.39 is 0 Å². The van der Waals surface area contributed by atoms with E-state index >= 15 is 0 Å². The molecular formula is C24H36N4O2. The van der Waals surface area contributed by atoms with E-state index in [0.29, 0.717) is 11.9 Å². The van der Waals surface area contributed by atoms with Gasteiger partial charge in [0.05, 0.1) is 0 Å². The number of piperazine rings is 1. The Morgan fingerprint density at radius 3 is 2.37 bits per heavy atom. The van der Waals surface area contributed by atoms with Crippen LogP contribution in [-0.2, 0) is 11.2 Å². The molecule has 0 aromatic heterocycles. The third kappa shape index (κ3) is 4.64. The van der Waals surface area contributed by atoms with Gasteiger partial charge in [-0.25, -0.2) is 4.79 Å². The number of para-hydroxylation sites is 1. The highest BCUT2D eigenvalue weighted by Gasteiger charge is 2.32. The molecule has 0 unspecified atom stereocenters. The van der Waals surface area contributed by atoms with E-state index in [4.69, 9.17) is 0 Å². The lowest BCUT2D eigenvalue weighted by Crippen LogP contribution is -2.53. The summed E-state index contributed by atoms with van der Waals surface area (Å²) >= 11 is 0. The maximum absolute atomic E-state index is 13.0. The van der Waals surface area contributed by atoms with Crippen LogP contribution in [0.5, 0.6) is 0 Å². The van der Waals surface area contributed by atoms with Crippen LogP contribution in [0.25, 0.3) is 0 Å². The molecule has 6 heteroatoms. The van der Waals surface area contributed by atoms with E-state index in [0.717, 1.165) is 76.9 Å². The summed E-state index contributed by atoms with van der Waals surface area (Å²) < 4.78 is 0. The van der Waals surface area contributed by atoms with Crippen LogP contribution in [0, 0.1) is 5.92 Å². The number of carbonyl (C=O) groups is 2. The first-order valence-corrected chi connectivity index (χ1v) is 11.7. The average molecular weight is 413 g/mol. The van der Waals surface area contributed by atoms with Gasteiger partial charge in [-0.3, -0.25) is 14.6 Å². The van der Waals surface area contributed by atoms with Gasteiger partial charge in [-0.05, 0) is 64.0 Å². The summed E-state index contributed by atoms with van der Waals surface area (Å²) in [6, 6.07) is 8.95. The average Bonchev–Trinajstić information content (AvgIpc) is 2.78. The minimum absolute atomic E-state index is 0.0155. The summed E-state index contributed by atoms with van der Waals surface area (Å²) in [6.07, 6.45) is 5.59. The van der Waals surface area contributed by atoms with Gasteiger partial charge in [0.2, 0.25) is 5.91 Å². The normalized spacial score (nSPS) is 25.2. The number of benzene rings is 1. The largest absolute Gasteiger partial charge is 0.340 e.